The van der Waals surface area contributed by atoms with Crippen molar-refractivity contribution in [3.63, 3.8) is 0 Å². The molecule has 0 saturated carbocycles. The molecule has 2 rings (SSSR count). The predicted molar refractivity (Wildman–Crippen MR) is 101 cm³/mol. The van der Waals surface area contributed by atoms with E-state index < -0.39 is 0 Å². The lowest BCUT2D eigenvalue weighted by atomic mass is 10.1. The molecule has 0 aliphatic carbocycles. The molecule has 21 heavy (non-hydrogen) atoms. The molecule has 0 bridgehead atoms. The smallest absolute Gasteiger partial charge is 0.143 e. The van der Waals surface area contributed by atoms with Crippen LogP contribution in [-0.2, 0) is 5.75 Å². The number of hydrogen-bond donors (Lipinski definition) is 1. The van der Waals surface area contributed by atoms with Gasteiger partial charge in [0.1, 0.15) is 11.6 Å². The van der Waals surface area contributed by atoms with Gasteiger partial charge in [-0.3, -0.25) is 0 Å². The highest BCUT2D eigenvalue weighted by Gasteiger charge is 2.16. The number of halogens is 1. The molecule has 1 N–H and O–H groups in total. The van der Waals surface area contributed by atoms with Gasteiger partial charge in [0.25, 0.3) is 0 Å². The Hall–Kier alpha value is -0.820. The van der Waals surface area contributed by atoms with Crippen LogP contribution in [0.4, 0.5) is 5.82 Å². The van der Waals surface area contributed by atoms with Gasteiger partial charge in [-0.25, -0.2) is 9.97 Å². The standard InChI is InChI=1S/C16H20IN3S/c1-16(2,3)21-10-12-19-14(11-8-6-5-7-9-11)13(17)15(18-4)20-12/h5-9H,10H2,1-4H3,(H,18,19,20). The van der Waals surface area contributed by atoms with Crippen molar-refractivity contribution in [3.8, 4) is 11.3 Å². The van der Waals surface area contributed by atoms with Gasteiger partial charge in [0, 0.05) is 17.4 Å². The summed E-state index contributed by atoms with van der Waals surface area (Å²) in [6, 6.07) is 10.3. The lowest BCUT2D eigenvalue weighted by Crippen LogP contribution is -2.10. The van der Waals surface area contributed by atoms with E-state index in [0.29, 0.717) is 0 Å². The van der Waals surface area contributed by atoms with Crippen molar-refractivity contribution in [2.75, 3.05) is 12.4 Å². The molecule has 0 saturated heterocycles. The minimum atomic E-state index is 0.207. The fourth-order valence-corrected chi connectivity index (χ4v) is 3.31. The first-order chi connectivity index (χ1) is 9.90. The summed E-state index contributed by atoms with van der Waals surface area (Å²) < 4.78 is 1.27. The largest absolute Gasteiger partial charge is 0.372 e. The van der Waals surface area contributed by atoms with Gasteiger partial charge in [0.05, 0.1) is 15.0 Å². The van der Waals surface area contributed by atoms with Crippen LogP contribution in [0.2, 0.25) is 0 Å². The summed E-state index contributed by atoms with van der Waals surface area (Å²) >= 11 is 4.17. The lowest BCUT2D eigenvalue weighted by Gasteiger charge is -2.18. The Morgan fingerprint density at radius 3 is 2.38 bits per heavy atom. The number of benzene rings is 1. The molecule has 0 atom stereocenters. The van der Waals surface area contributed by atoms with Crippen LogP contribution < -0.4 is 5.32 Å². The van der Waals surface area contributed by atoms with Crippen molar-refractivity contribution < 1.29 is 0 Å². The van der Waals surface area contributed by atoms with Gasteiger partial charge in [-0.05, 0) is 22.6 Å². The van der Waals surface area contributed by atoms with Crippen molar-refractivity contribution in [3.05, 3.63) is 39.7 Å². The molecule has 0 aliphatic heterocycles. The molecule has 112 valence electrons. The molecule has 5 heteroatoms. The Morgan fingerprint density at radius 2 is 1.81 bits per heavy atom. The third kappa shape index (κ3) is 4.57. The molecule has 0 aliphatic rings. The van der Waals surface area contributed by atoms with Gasteiger partial charge in [0.2, 0.25) is 0 Å². The second-order valence-corrected chi connectivity index (χ2v) is 8.55. The van der Waals surface area contributed by atoms with Crippen molar-refractivity contribution >= 4 is 40.2 Å². The summed E-state index contributed by atoms with van der Waals surface area (Å²) in [5, 5.41) is 3.18. The van der Waals surface area contributed by atoms with Gasteiger partial charge in [-0.2, -0.15) is 0 Å². The van der Waals surface area contributed by atoms with Gasteiger partial charge >= 0.3 is 0 Å². The van der Waals surface area contributed by atoms with Crippen LogP contribution in [0, 0.1) is 3.57 Å². The topological polar surface area (TPSA) is 37.8 Å². The summed E-state index contributed by atoms with van der Waals surface area (Å²) in [6.07, 6.45) is 0. The zero-order chi connectivity index (χ0) is 15.5. The first-order valence-corrected chi connectivity index (χ1v) is 8.90. The van der Waals surface area contributed by atoms with E-state index in [4.69, 9.17) is 4.98 Å². The summed E-state index contributed by atoms with van der Waals surface area (Å²) in [4.78, 5) is 9.40. The van der Waals surface area contributed by atoms with Gasteiger partial charge in [-0.1, -0.05) is 51.1 Å². The van der Waals surface area contributed by atoms with E-state index in [1.165, 1.54) is 0 Å². The van der Waals surface area contributed by atoms with E-state index in [-0.39, 0.29) is 4.75 Å². The van der Waals surface area contributed by atoms with Crippen LogP contribution in [0.15, 0.2) is 30.3 Å². The molecule has 0 radical (unpaired) electrons. The van der Waals surface area contributed by atoms with Crippen LogP contribution in [0.3, 0.4) is 0 Å². The Balaban J connectivity index is 2.40. The third-order valence-electron chi connectivity index (χ3n) is 2.82. The fourth-order valence-electron chi connectivity index (χ4n) is 1.79. The number of hydrogen-bond acceptors (Lipinski definition) is 4. The maximum Gasteiger partial charge on any atom is 0.143 e. The number of nitrogens with one attached hydrogen (secondary N) is 1. The van der Waals surface area contributed by atoms with E-state index in [9.17, 15) is 0 Å². The average Bonchev–Trinajstić information content (AvgIpc) is 2.46. The minimum Gasteiger partial charge on any atom is -0.372 e. The highest BCUT2D eigenvalue weighted by molar-refractivity contribution is 14.1. The second kappa shape index (κ2) is 6.96. The SMILES string of the molecule is CNc1nc(CSC(C)(C)C)nc(-c2ccccc2)c1I. The predicted octanol–water partition coefficient (Wildman–Crippen LogP) is 4.82. The highest BCUT2D eigenvalue weighted by atomic mass is 127. The van der Waals surface area contributed by atoms with Crippen LogP contribution in [-0.4, -0.2) is 21.8 Å². The number of anilines is 1. The van der Waals surface area contributed by atoms with Gasteiger partial charge < -0.3 is 5.32 Å². The first-order valence-electron chi connectivity index (χ1n) is 6.84. The van der Waals surface area contributed by atoms with Crippen molar-refractivity contribution in [2.24, 2.45) is 0 Å². The van der Waals surface area contributed by atoms with Gasteiger partial charge in [-0.15, -0.1) is 11.8 Å². The average molecular weight is 413 g/mol. The van der Waals surface area contributed by atoms with Crippen LogP contribution >= 0.6 is 34.4 Å². The Morgan fingerprint density at radius 1 is 1.14 bits per heavy atom. The molecule has 2 aromatic rings. The Kier molecular flexibility index (Phi) is 5.48. The molecule has 1 aromatic heterocycles. The van der Waals surface area contributed by atoms with Crippen LogP contribution in [0.25, 0.3) is 11.3 Å². The number of nitrogens with zero attached hydrogens (tertiary/aromatic N) is 2. The Labute approximate surface area is 144 Å². The molecular formula is C16H20IN3S. The molecule has 1 heterocycles. The van der Waals surface area contributed by atoms with E-state index in [1.807, 2.05) is 37.0 Å². The zero-order valence-electron chi connectivity index (χ0n) is 12.8. The maximum absolute atomic E-state index is 4.77. The summed E-state index contributed by atoms with van der Waals surface area (Å²) in [6.45, 7) is 6.63. The normalized spacial score (nSPS) is 11.5. The fraction of sp³-hybridized carbons (Fsp3) is 0.375. The van der Waals surface area contributed by atoms with Crippen molar-refractivity contribution in [2.45, 2.75) is 31.3 Å². The quantitative estimate of drug-likeness (QED) is 0.730. The number of rotatable bonds is 4. The summed E-state index contributed by atoms with van der Waals surface area (Å²) in [7, 11) is 1.90. The number of thioether (sulfide) groups is 1. The summed E-state index contributed by atoms with van der Waals surface area (Å²) in [5.41, 5.74) is 2.13. The van der Waals surface area contributed by atoms with E-state index in [1.54, 1.807) is 0 Å². The molecule has 0 fully saturated rings. The van der Waals surface area contributed by atoms with Gasteiger partial charge in [0.15, 0.2) is 0 Å². The van der Waals surface area contributed by atoms with Crippen LogP contribution in [0.1, 0.15) is 26.6 Å². The molecule has 0 amide bonds. The van der Waals surface area contributed by atoms with E-state index in [2.05, 4.69) is 65.8 Å². The number of aromatic nitrogens is 2. The maximum atomic E-state index is 4.77. The van der Waals surface area contributed by atoms with Crippen molar-refractivity contribution in [1.82, 2.24) is 9.97 Å². The van der Waals surface area contributed by atoms with E-state index in [0.717, 1.165) is 32.2 Å². The molecular weight excluding hydrogens is 393 g/mol. The first kappa shape index (κ1) is 16.5. The molecule has 3 nitrogen and oxygen atoms in total. The highest BCUT2D eigenvalue weighted by Crippen LogP contribution is 2.31. The summed E-state index contributed by atoms with van der Waals surface area (Å²) in [5.74, 6) is 2.59. The third-order valence-corrected chi connectivity index (χ3v) is 5.11. The Bertz CT molecular complexity index is 609. The minimum absolute atomic E-state index is 0.207. The van der Waals surface area contributed by atoms with Crippen molar-refractivity contribution in [1.29, 1.82) is 0 Å². The monoisotopic (exact) mass is 413 g/mol. The molecule has 0 unspecified atom stereocenters. The zero-order valence-corrected chi connectivity index (χ0v) is 15.7. The second-order valence-electron chi connectivity index (χ2n) is 5.67. The van der Waals surface area contributed by atoms with Crippen LogP contribution in [0.5, 0.6) is 0 Å². The van der Waals surface area contributed by atoms with E-state index >= 15 is 0 Å². The lowest BCUT2D eigenvalue weighted by molar-refractivity contribution is 0.800. The molecule has 0 spiro atoms. The molecule has 1 aromatic carbocycles.